The summed E-state index contributed by atoms with van der Waals surface area (Å²) in [7, 11) is 4.31. The number of hydrogen-bond acceptors (Lipinski definition) is 3. The molecule has 1 aliphatic rings. The number of likely N-dealkylation sites (N-methyl/N-ethyl adjacent to an activating group) is 2. The van der Waals surface area contributed by atoms with E-state index >= 15 is 0 Å². The first-order valence-electron chi connectivity index (χ1n) is 6.54. The van der Waals surface area contributed by atoms with Crippen molar-refractivity contribution in [1.82, 2.24) is 4.90 Å². The molecule has 2 rings (SSSR count). The third-order valence-electron chi connectivity index (χ3n) is 3.80. The molecule has 0 amide bonds. The third kappa shape index (κ3) is 3.28. The van der Waals surface area contributed by atoms with Crippen molar-refractivity contribution in [3.8, 4) is 0 Å². The summed E-state index contributed by atoms with van der Waals surface area (Å²) < 4.78 is 0.883. The topological polar surface area (TPSA) is 56.4 Å². The number of anilines is 1. The molecule has 1 saturated heterocycles. The molecule has 3 N–H and O–H groups in total. The van der Waals surface area contributed by atoms with Crippen molar-refractivity contribution in [2.75, 3.05) is 32.1 Å². The van der Waals surface area contributed by atoms with Crippen molar-refractivity contribution in [1.29, 1.82) is 5.41 Å². The van der Waals surface area contributed by atoms with E-state index in [1.807, 2.05) is 18.2 Å². The zero-order valence-electron chi connectivity index (χ0n) is 11.5. The second-order valence-electron chi connectivity index (χ2n) is 5.25. The average Bonchev–Trinajstić information content (AvgIpc) is 2.37. The largest absolute Gasteiger partial charge is 0.384 e. The molecule has 0 aliphatic carbocycles. The molecule has 1 aromatic rings. The average molecular weight is 325 g/mol. The van der Waals surface area contributed by atoms with Gasteiger partial charge in [0, 0.05) is 35.4 Å². The van der Waals surface area contributed by atoms with Gasteiger partial charge >= 0.3 is 0 Å². The second kappa shape index (κ2) is 5.92. The molecule has 1 atom stereocenters. The first-order chi connectivity index (χ1) is 8.99. The lowest BCUT2D eigenvalue weighted by atomic mass is 10.0. The minimum Gasteiger partial charge on any atom is -0.384 e. The number of benzene rings is 1. The summed E-state index contributed by atoms with van der Waals surface area (Å²) in [5, 5.41) is 7.50. The Balaban J connectivity index is 2.17. The van der Waals surface area contributed by atoms with E-state index in [1.165, 1.54) is 19.4 Å². The van der Waals surface area contributed by atoms with Gasteiger partial charge in [0.05, 0.1) is 0 Å². The maximum atomic E-state index is 7.50. The molecule has 4 nitrogen and oxygen atoms in total. The summed E-state index contributed by atoms with van der Waals surface area (Å²) in [6.07, 6.45) is 2.48. The van der Waals surface area contributed by atoms with E-state index in [9.17, 15) is 0 Å². The fraction of sp³-hybridized carbons (Fsp3) is 0.500. The van der Waals surface area contributed by atoms with Gasteiger partial charge in [-0.15, -0.1) is 0 Å². The number of piperidine rings is 1. The molecular formula is C14H21BrN4. The van der Waals surface area contributed by atoms with Crippen LogP contribution in [0.15, 0.2) is 22.7 Å². The lowest BCUT2D eigenvalue weighted by molar-refractivity contribution is 0.248. The molecule has 5 heteroatoms. The fourth-order valence-corrected chi connectivity index (χ4v) is 3.19. The summed E-state index contributed by atoms with van der Waals surface area (Å²) in [4.78, 5) is 4.70. The normalized spacial score (nSPS) is 20.3. The SMILES string of the molecule is CN1CCCC(N(C)c2ccc(C(=N)N)c(Br)c2)C1. The smallest absolute Gasteiger partial charge is 0.123 e. The maximum Gasteiger partial charge on any atom is 0.123 e. The number of nitrogens with zero attached hydrogens (tertiary/aromatic N) is 2. The fourth-order valence-electron chi connectivity index (χ4n) is 2.61. The number of amidine groups is 1. The minimum absolute atomic E-state index is 0.0958. The predicted octanol–water partition coefficient (Wildman–Crippen LogP) is 2.26. The molecule has 0 bridgehead atoms. The monoisotopic (exact) mass is 324 g/mol. The van der Waals surface area contributed by atoms with Gasteiger partial charge in [-0.25, -0.2) is 0 Å². The van der Waals surface area contributed by atoms with Crippen LogP contribution in [0, 0.1) is 5.41 Å². The van der Waals surface area contributed by atoms with Gasteiger partial charge < -0.3 is 15.5 Å². The van der Waals surface area contributed by atoms with E-state index in [0.29, 0.717) is 6.04 Å². The van der Waals surface area contributed by atoms with Gasteiger partial charge in [0.25, 0.3) is 0 Å². The summed E-state index contributed by atoms with van der Waals surface area (Å²) in [5.74, 6) is 0.0958. The van der Waals surface area contributed by atoms with Gasteiger partial charge in [0.1, 0.15) is 5.84 Å². The van der Waals surface area contributed by atoms with Crippen LogP contribution in [-0.2, 0) is 0 Å². The molecule has 0 aromatic heterocycles. The van der Waals surface area contributed by atoms with Crippen molar-refractivity contribution < 1.29 is 0 Å². The first kappa shape index (κ1) is 14.3. The summed E-state index contributed by atoms with van der Waals surface area (Å²) in [5.41, 5.74) is 7.45. The predicted molar refractivity (Wildman–Crippen MR) is 84.1 cm³/mol. The molecule has 1 fully saturated rings. The summed E-state index contributed by atoms with van der Waals surface area (Å²) >= 11 is 3.49. The molecule has 0 radical (unpaired) electrons. The Labute approximate surface area is 123 Å². The molecule has 104 valence electrons. The molecule has 0 saturated carbocycles. The van der Waals surface area contributed by atoms with Crippen LogP contribution in [0.1, 0.15) is 18.4 Å². The molecule has 1 aliphatic heterocycles. The highest BCUT2D eigenvalue weighted by molar-refractivity contribution is 9.10. The summed E-state index contributed by atoms with van der Waals surface area (Å²) in [6, 6.07) is 6.54. The Kier molecular flexibility index (Phi) is 4.47. The lowest BCUT2D eigenvalue weighted by Gasteiger charge is -2.37. The van der Waals surface area contributed by atoms with Crippen molar-refractivity contribution >= 4 is 27.5 Å². The van der Waals surface area contributed by atoms with Crippen molar-refractivity contribution in [2.24, 2.45) is 5.73 Å². The highest BCUT2D eigenvalue weighted by Crippen LogP contribution is 2.26. The molecule has 1 unspecified atom stereocenters. The standard InChI is InChI=1S/C14H21BrN4/c1-18-7-3-4-11(9-18)19(2)10-5-6-12(14(16)17)13(15)8-10/h5-6,8,11H,3-4,7,9H2,1-2H3,(H3,16,17). The van der Waals surface area contributed by atoms with Gasteiger partial charge in [-0.2, -0.15) is 0 Å². The Morgan fingerprint density at radius 3 is 2.84 bits per heavy atom. The van der Waals surface area contributed by atoms with Gasteiger partial charge in [-0.1, -0.05) is 0 Å². The second-order valence-corrected chi connectivity index (χ2v) is 6.10. The van der Waals surface area contributed by atoms with Gasteiger partial charge in [-0.05, 0) is 60.6 Å². The number of nitrogens with one attached hydrogen (secondary N) is 1. The van der Waals surface area contributed by atoms with Crippen LogP contribution in [-0.4, -0.2) is 44.0 Å². The Morgan fingerprint density at radius 2 is 2.26 bits per heavy atom. The van der Waals surface area contributed by atoms with Crippen LogP contribution in [0.25, 0.3) is 0 Å². The van der Waals surface area contributed by atoms with Crippen LogP contribution in [0.5, 0.6) is 0 Å². The van der Waals surface area contributed by atoms with E-state index in [0.717, 1.165) is 22.3 Å². The number of nitrogens with two attached hydrogens (primary N) is 1. The Morgan fingerprint density at radius 1 is 1.53 bits per heavy atom. The van der Waals surface area contributed by atoms with E-state index in [4.69, 9.17) is 11.1 Å². The zero-order valence-corrected chi connectivity index (χ0v) is 13.1. The number of halogens is 1. The molecule has 0 spiro atoms. The van der Waals surface area contributed by atoms with E-state index in [2.05, 4.69) is 39.8 Å². The van der Waals surface area contributed by atoms with E-state index in [1.54, 1.807) is 0 Å². The quantitative estimate of drug-likeness (QED) is 0.662. The van der Waals surface area contributed by atoms with Gasteiger partial charge in [0.15, 0.2) is 0 Å². The van der Waals surface area contributed by atoms with Crippen molar-refractivity contribution in [2.45, 2.75) is 18.9 Å². The Hall–Kier alpha value is -1.07. The van der Waals surface area contributed by atoms with Crippen molar-refractivity contribution in [3.05, 3.63) is 28.2 Å². The zero-order chi connectivity index (χ0) is 14.0. The molecule has 1 aromatic carbocycles. The highest BCUT2D eigenvalue weighted by Gasteiger charge is 2.21. The Bertz CT molecular complexity index is 475. The minimum atomic E-state index is 0.0958. The number of likely N-dealkylation sites (tertiary alicyclic amines) is 1. The van der Waals surface area contributed by atoms with E-state index < -0.39 is 0 Å². The maximum absolute atomic E-state index is 7.50. The lowest BCUT2D eigenvalue weighted by Crippen LogP contribution is -2.45. The van der Waals surface area contributed by atoms with Crippen LogP contribution in [0.3, 0.4) is 0 Å². The van der Waals surface area contributed by atoms with Crippen LogP contribution in [0.2, 0.25) is 0 Å². The van der Waals surface area contributed by atoms with Gasteiger partial charge in [-0.3, -0.25) is 5.41 Å². The van der Waals surface area contributed by atoms with Crippen LogP contribution >= 0.6 is 15.9 Å². The third-order valence-corrected chi connectivity index (χ3v) is 4.45. The van der Waals surface area contributed by atoms with Crippen molar-refractivity contribution in [3.63, 3.8) is 0 Å². The highest BCUT2D eigenvalue weighted by atomic mass is 79.9. The van der Waals surface area contributed by atoms with Gasteiger partial charge in [0.2, 0.25) is 0 Å². The number of hydrogen-bond donors (Lipinski definition) is 2. The number of rotatable bonds is 3. The molecule has 19 heavy (non-hydrogen) atoms. The molecule has 1 heterocycles. The first-order valence-corrected chi connectivity index (χ1v) is 7.33. The van der Waals surface area contributed by atoms with E-state index in [-0.39, 0.29) is 5.84 Å². The number of nitrogen functional groups attached to an aromatic ring is 1. The summed E-state index contributed by atoms with van der Waals surface area (Å²) in [6.45, 7) is 2.29. The van der Waals surface area contributed by atoms with Crippen LogP contribution in [0.4, 0.5) is 5.69 Å². The van der Waals surface area contributed by atoms with Crippen LogP contribution < -0.4 is 10.6 Å². The molecular weight excluding hydrogens is 304 g/mol.